The van der Waals surface area contributed by atoms with Crippen LogP contribution in [-0.4, -0.2) is 60.2 Å². The zero-order valence-corrected chi connectivity index (χ0v) is 19.1. The van der Waals surface area contributed by atoms with E-state index in [1.165, 1.54) is 18.2 Å². The summed E-state index contributed by atoms with van der Waals surface area (Å²) in [5.74, 6) is -0.900. The minimum atomic E-state index is -4.56. The summed E-state index contributed by atoms with van der Waals surface area (Å²) < 4.78 is 39.4. The van der Waals surface area contributed by atoms with E-state index in [0.717, 1.165) is 17.3 Å². The molecular weight excluding hydrogens is 461 g/mol. The van der Waals surface area contributed by atoms with Gasteiger partial charge in [0.1, 0.15) is 0 Å². The lowest BCUT2D eigenvalue weighted by Crippen LogP contribution is -2.50. The third-order valence-electron chi connectivity index (χ3n) is 6.42. The second-order valence-electron chi connectivity index (χ2n) is 8.83. The van der Waals surface area contributed by atoms with E-state index in [0.29, 0.717) is 39.0 Å². The van der Waals surface area contributed by atoms with Crippen molar-refractivity contribution >= 4 is 29.1 Å². The normalized spacial score (nSPS) is 18.5. The maximum atomic E-state index is 13.1. The van der Waals surface area contributed by atoms with Gasteiger partial charge < -0.3 is 15.5 Å². The Morgan fingerprint density at radius 3 is 2.43 bits per heavy atom. The van der Waals surface area contributed by atoms with Crippen molar-refractivity contribution in [1.82, 2.24) is 9.80 Å². The summed E-state index contributed by atoms with van der Waals surface area (Å²) in [4.78, 5) is 40.9. The second-order valence-corrected chi connectivity index (χ2v) is 8.83. The molecule has 35 heavy (non-hydrogen) atoms. The minimum Gasteiger partial charge on any atom is -0.340 e. The van der Waals surface area contributed by atoms with Gasteiger partial charge in [-0.3, -0.25) is 19.3 Å². The molecule has 1 atom stereocenters. The Morgan fingerprint density at radius 2 is 1.69 bits per heavy atom. The van der Waals surface area contributed by atoms with Crippen molar-refractivity contribution < 1.29 is 27.6 Å². The molecule has 0 radical (unpaired) electrons. The van der Waals surface area contributed by atoms with Gasteiger partial charge in [0.15, 0.2) is 0 Å². The van der Waals surface area contributed by atoms with Crippen LogP contribution in [0.1, 0.15) is 24.0 Å². The van der Waals surface area contributed by atoms with Crippen LogP contribution in [0.5, 0.6) is 0 Å². The molecule has 2 aromatic rings. The van der Waals surface area contributed by atoms with Gasteiger partial charge in [0.25, 0.3) is 0 Å². The zero-order valence-electron chi connectivity index (χ0n) is 19.1. The summed E-state index contributed by atoms with van der Waals surface area (Å²) in [5.41, 5.74) is 0.725. The van der Waals surface area contributed by atoms with Gasteiger partial charge in [-0.15, -0.1) is 0 Å². The molecule has 4 rings (SSSR count). The first-order valence-corrected chi connectivity index (χ1v) is 11.6. The molecule has 1 unspecified atom stereocenters. The van der Waals surface area contributed by atoms with Gasteiger partial charge in [-0.05, 0) is 36.6 Å². The highest BCUT2D eigenvalue weighted by molar-refractivity contribution is 5.96. The lowest BCUT2D eigenvalue weighted by molar-refractivity contribution is -0.137. The highest BCUT2D eigenvalue weighted by Crippen LogP contribution is 2.34. The first-order valence-electron chi connectivity index (χ1n) is 11.6. The number of rotatable bonds is 6. The number of amides is 3. The van der Waals surface area contributed by atoms with Crippen LogP contribution >= 0.6 is 0 Å². The van der Waals surface area contributed by atoms with E-state index in [2.05, 4.69) is 10.6 Å². The number of piperazine rings is 1. The number of carbonyl (C=O) groups is 3. The van der Waals surface area contributed by atoms with Gasteiger partial charge in [0.2, 0.25) is 17.7 Å². The molecular formula is C25H27F3N4O3. The van der Waals surface area contributed by atoms with Crippen LogP contribution in [0.4, 0.5) is 24.5 Å². The molecule has 0 spiro atoms. The van der Waals surface area contributed by atoms with E-state index in [9.17, 15) is 27.6 Å². The van der Waals surface area contributed by atoms with Crippen molar-refractivity contribution in [3.8, 4) is 0 Å². The number of hydrogen-bond donors (Lipinski definition) is 2. The summed E-state index contributed by atoms with van der Waals surface area (Å²) in [6.45, 7) is 1.67. The number of fused-ring (bicyclic) bond motifs is 1. The third kappa shape index (κ3) is 6.19. The molecule has 2 aromatic carbocycles. The molecule has 186 valence electrons. The molecule has 0 bridgehead atoms. The molecule has 2 aliphatic rings. The molecule has 2 N–H and O–H groups in total. The predicted molar refractivity (Wildman–Crippen MR) is 125 cm³/mol. The number of alkyl halides is 3. The minimum absolute atomic E-state index is 0.0418. The van der Waals surface area contributed by atoms with Gasteiger partial charge in [-0.1, -0.05) is 30.3 Å². The van der Waals surface area contributed by atoms with Crippen molar-refractivity contribution in [3.63, 3.8) is 0 Å². The Morgan fingerprint density at radius 1 is 1.00 bits per heavy atom. The number of benzene rings is 2. The molecule has 1 saturated heterocycles. The third-order valence-corrected chi connectivity index (χ3v) is 6.42. The van der Waals surface area contributed by atoms with Gasteiger partial charge >= 0.3 is 6.18 Å². The maximum Gasteiger partial charge on any atom is 0.418 e. The average molecular weight is 489 g/mol. The molecule has 2 heterocycles. The number of nitrogens with zero attached hydrogens (tertiary/aromatic N) is 2. The number of anilines is 2. The number of nitrogens with one attached hydrogen (secondary N) is 2. The molecule has 0 saturated carbocycles. The second kappa shape index (κ2) is 10.5. The van der Waals surface area contributed by atoms with Gasteiger partial charge in [0, 0.05) is 44.2 Å². The number of halogens is 3. The SMILES string of the molecule is O=C(CN1CCN(C(=O)CCC2Cc3ccccc3NC2=O)CC1)Nc1ccccc1C(F)(F)F. The van der Waals surface area contributed by atoms with Crippen LogP contribution < -0.4 is 10.6 Å². The lowest BCUT2D eigenvalue weighted by atomic mass is 9.89. The van der Waals surface area contributed by atoms with E-state index >= 15 is 0 Å². The van der Waals surface area contributed by atoms with Crippen molar-refractivity contribution in [1.29, 1.82) is 0 Å². The molecule has 3 amide bonds. The molecule has 10 heteroatoms. The Hall–Kier alpha value is -3.40. The highest BCUT2D eigenvalue weighted by Gasteiger charge is 2.34. The van der Waals surface area contributed by atoms with Crippen LogP contribution in [0.25, 0.3) is 0 Å². The monoisotopic (exact) mass is 488 g/mol. The zero-order chi connectivity index (χ0) is 25.0. The Kier molecular flexibility index (Phi) is 7.39. The van der Waals surface area contributed by atoms with Crippen molar-refractivity contribution in [2.24, 2.45) is 5.92 Å². The Labute approximate surface area is 201 Å². The quantitative estimate of drug-likeness (QED) is 0.653. The van der Waals surface area contributed by atoms with E-state index in [1.54, 1.807) is 9.80 Å². The largest absolute Gasteiger partial charge is 0.418 e. The van der Waals surface area contributed by atoms with Crippen LogP contribution in [-0.2, 0) is 27.0 Å². The molecule has 7 nitrogen and oxygen atoms in total. The van der Waals surface area contributed by atoms with Crippen molar-refractivity contribution in [2.45, 2.75) is 25.4 Å². The maximum absolute atomic E-state index is 13.1. The fourth-order valence-corrected chi connectivity index (χ4v) is 4.49. The molecule has 0 aliphatic carbocycles. The topological polar surface area (TPSA) is 81.8 Å². The first kappa shape index (κ1) is 24.7. The average Bonchev–Trinajstić information content (AvgIpc) is 2.82. The Bertz CT molecular complexity index is 1100. The van der Waals surface area contributed by atoms with Crippen LogP contribution in [0.15, 0.2) is 48.5 Å². The molecule has 1 fully saturated rings. The summed E-state index contributed by atoms with van der Waals surface area (Å²) >= 11 is 0. The lowest BCUT2D eigenvalue weighted by Gasteiger charge is -2.34. The summed E-state index contributed by atoms with van der Waals surface area (Å²) in [6, 6.07) is 12.5. The molecule has 2 aliphatic heterocycles. The fourth-order valence-electron chi connectivity index (χ4n) is 4.49. The fraction of sp³-hybridized carbons (Fsp3) is 0.400. The summed E-state index contributed by atoms with van der Waals surface area (Å²) in [7, 11) is 0. The van der Waals surface area contributed by atoms with Gasteiger partial charge in [0.05, 0.1) is 17.8 Å². The van der Waals surface area contributed by atoms with Gasteiger partial charge in [-0.25, -0.2) is 0 Å². The van der Waals surface area contributed by atoms with Gasteiger partial charge in [-0.2, -0.15) is 13.2 Å². The van der Waals surface area contributed by atoms with Crippen molar-refractivity contribution in [3.05, 3.63) is 59.7 Å². The number of hydrogen-bond acceptors (Lipinski definition) is 4. The molecule has 0 aromatic heterocycles. The number of carbonyl (C=O) groups excluding carboxylic acids is 3. The summed E-state index contributed by atoms with van der Waals surface area (Å²) in [5, 5.41) is 5.24. The van der Waals surface area contributed by atoms with Crippen LogP contribution in [0, 0.1) is 5.92 Å². The standard InChI is InChI=1S/C25H27F3N4O3/c26-25(27,28)19-6-2-4-8-21(19)29-22(33)16-31-11-13-32(14-12-31)23(34)10-9-18-15-17-5-1-3-7-20(17)30-24(18)35/h1-8,18H,9-16H2,(H,29,33)(H,30,35). The van der Waals surface area contributed by atoms with E-state index in [4.69, 9.17) is 0 Å². The van der Waals surface area contributed by atoms with E-state index in [-0.39, 0.29) is 36.4 Å². The van der Waals surface area contributed by atoms with E-state index in [1.807, 2.05) is 24.3 Å². The van der Waals surface area contributed by atoms with Crippen LogP contribution in [0.3, 0.4) is 0 Å². The summed E-state index contributed by atoms with van der Waals surface area (Å²) in [6.07, 6.45) is -3.23. The van der Waals surface area contributed by atoms with E-state index < -0.39 is 17.6 Å². The number of para-hydroxylation sites is 2. The van der Waals surface area contributed by atoms with Crippen LogP contribution in [0.2, 0.25) is 0 Å². The van der Waals surface area contributed by atoms with Crippen molar-refractivity contribution in [2.75, 3.05) is 43.4 Å². The smallest absolute Gasteiger partial charge is 0.340 e. The Balaban J connectivity index is 1.22. The highest BCUT2D eigenvalue weighted by atomic mass is 19.4. The first-order chi connectivity index (χ1) is 16.7. The predicted octanol–water partition coefficient (Wildman–Crippen LogP) is 3.38.